The molecule has 6 unspecified atom stereocenters. The Morgan fingerprint density at radius 3 is 2.44 bits per heavy atom. The van der Waals surface area contributed by atoms with Crippen LogP contribution in [-0.4, -0.2) is 60.3 Å². The summed E-state index contributed by atoms with van der Waals surface area (Å²) in [5, 5.41) is 21.7. The van der Waals surface area contributed by atoms with Crippen LogP contribution < -0.4 is 0 Å². The number of ether oxygens (including phenoxy) is 3. The van der Waals surface area contributed by atoms with Crippen LogP contribution in [0.5, 0.6) is 0 Å². The van der Waals surface area contributed by atoms with Crippen molar-refractivity contribution in [3.05, 3.63) is 23.8 Å². The maximum absolute atomic E-state index is 12.8. The zero-order valence-corrected chi connectivity index (χ0v) is 19.9. The van der Waals surface area contributed by atoms with E-state index in [4.69, 9.17) is 14.2 Å². The number of aliphatic hydroxyl groups is 2. The minimum Gasteiger partial charge on any atom is -0.465 e. The van der Waals surface area contributed by atoms with Crippen molar-refractivity contribution in [2.75, 3.05) is 19.8 Å². The van der Waals surface area contributed by atoms with Crippen LogP contribution in [0.2, 0.25) is 0 Å². The monoisotopic (exact) mass is 452 g/mol. The number of allylic oxidation sites excluding steroid dienone is 3. The van der Waals surface area contributed by atoms with E-state index in [1.54, 1.807) is 19.1 Å². The van der Waals surface area contributed by atoms with E-state index in [0.717, 1.165) is 18.4 Å². The van der Waals surface area contributed by atoms with Crippen molar-refractivity contribution in [3.8, 4) is 0 Å². The largest absolute Gasteiger partial charge is 0.465 e. The predicted molar refractivity (Wildman–Crippen MR) is 121 cm³/mol. The van der Waals surface area contributed by atoms with Gasteiger partial charge in [-0.25, -0.2) is 0 Å². The Labute approximate surface area is 191 Å². The molecule has 7 heteroatoms. The topological polar surface area (TPSA) is 102 Å². The molecule has 32 heavy (non-hydrogen) atoms. The molecule has 182 valence electrons. The summed E-state index contributed by atoms with van der Waals surface area (Å²) in [6, 6.07) is 0. The summed E-state index contributed by atoms with van der Waals surface area (Å²) in [5.74, 6) is -1.66. The number of aliphatic hydroxyl groups excluding tert-OH is 2. The van der Waals surface area contributed by atoms with Gasteiger partial charge in [-0.1, -0.05) is 44.9 Å². The van der Waals surface area contributed by atoms with Gasteiger partial charge in [0.1, 0.15) is 0 Å². The number of carbonyl (C=O) groups is 2. The second kappa shape index (κ2) is 13.2. The van der Waals surface area contributed by atoms with Crippen molar-refractivity contribution < 1.29 is 34.0 Å². The van der Waals surface area contributed by atoms with Gasteiger partial charge in [-0.05, 0) is 31.8 Å². The lowest BCUT2D eigenvalue weighted by Crippen LogP contribution is -2.39. The molecule has 2 aliphatic rings. The molecule has 2 aliphatic heterocycles. The smallest absolute Gasteiger partial charge is 0.308 e. The van der Waals surface area contributed by atoms with Gasteiger partial charge < -0.3 is 24.4 Å². The average molecular weight is 453 g/mol. The molecule has 0 aromatic rings. The van der Waals surface area contributed by atoms with Crippen LogP contribution in [0.4, 0.5) is 0 Å². The number of carbonyl (C=O) groups excluding carboxylic acids is 2. The minimum absolute atomic E-state index is 0.0121. The molecule has 0 aromatic carbocycles. The lowest BCUT2D eigenvalue weighted by Gasteiger charge is -2.32. The SMILES string of the molecule is CCCC1C=C(C)C=CC(=O)C(C)CC(CC2OCCO2)C(O)C(C)C(O)CC(=O)OC1. The van der Waals surface area contributed by atoms with E-state index in [2.05, 4.69) is 6.92 Å². The number of cyclic esters (lactones) is 1. The zero-order chi connectivity index (χ0) is 23.7. The summed E-state index contributed by atoms with van der Waals surface area (Å²) in [6.07, 6.45) is 5.46. The number of hydrogen-bond donors (Lipinski definition) is 2. The van der Waals surface area contributed by atoms with Crippen LogP contribution >= 0.6 is 0 Å². The molecule has 0 aliphatic carbocycles. The number of esters is 1. The van der Waals surface area contributed by atoms with Crippen LogP contribution in [-0.2, 0) is 23.8 Å². The first kappa shape index (κ1) is 26.7. The van der Waals surface area contributed by atoms with Crippen LogP contribution in [0, 0.1) is 23.7 Å². The van der Waals surface area contributed by atoms with E-state index in [1.165, 1.54) is 0 Å². The summed E-state index contributed by atoms with van der Waals surface area (Å²) in [6.45, 7) is 8.78. The third kappa shape index (κ3) is 8.43. The molecule has 2 N–H and O–H groups in total. The van der Waals surface area contributed by atoms with Crippen molar-refractivity contribution in [2.24, 2.45) is 23.7 Å². The molecule has 7 nitrogen and oxygen atoms in total. The minimum atomic E-state index is -1.05. The third-order valence-electron chi connectivity index (χ3n) is 6.46. The van der Waals surface area contributed by atoms with E-state index < -0.39 is 30.4 Å². The van der Waals surface area contributed by atoms with Crippen molar-refractivity contribution in [1.82, 2.24) is 0 Å². The van der Waals surface area contributed by atoms with Gasteiger partial charge in [0, 0.05) is 24.2 Å². The molecule has 1 saturated heterocycles. The van der Waals surface area contributed by atoms with Gasteiger partial charge in [-0.2, -0.15) is 0 Å². The fraction of sp³-hybridized carbons (Fsp3) is 0.760. The van der Waals surface area contributed by atoms with E-state index in [1.807, 2.05) is 19.9 Å². The lowest BCUT2D eigenvalue weighted by molar-refractivity contribution is -0.149. The highest BCUT2D eigenvalue weighted by Crippen LogP contribution is 2.30. The molecule has 6 atom stereocenters. The van der Waals surface area contributed by atoms with Gasteiger partial charge in [-0.3, -0.25) is 9.59 Å². The molecular formula is C25H40O7. The van der Waals surface area contributed by atoms with Gasteiger partial charge in [0.2, 0.25) is 0 Å². The quantitative estimate of drug-likeness (QED) is 0.632. The standard InChI is InChI=1S/C25H40O7/c1-5-6-19-11-16(2)7-8-21(26)17(3)12-20(13-24-30-9-10-31-24)25(29)18(4)22(27)14-23(28)32-15-19/h7-8,11,17-20,22,24-25,27,29H,5-6,9-10,12-15H2,1-4H3. The van der Waals surface area contributed by atoms with Crippen molar-refractivity contribution in [3.63, 3.8) is 0 Å². The van der Waals surface area contributed by atoms with E-state index >= 15 is 0 Å². The van der Waals surface area contributed by atoms with Crippen LogP contribution in [0.25, 0.3) is 0 Å². The van der Waals surface area contributed by atoms with Crippen molar-refractivity contribution in [2.45, 2.75) is 78.3 Å². The van der Waals surface area contributed by atoms with Gasteiger partial charge in [0.15, 0.2) is 12.1 Å². The molecule has 0 saturated carbocycles. The Morgan fingerprint density at radius 2 is 1.78 bits per heavy atom. The fourth-order valence-corrected chi connectivity index (χ4v) is 4.40. The van der Waals surface area contributed by atoms with Gasteiger partial charge in [0.25, 0.3) is 0 Å². The van der Waals surface area contributed by atoms with Crippen molar-refractivity contribution in [1.29, 1.82) is 0 Å². The zero-order valence-electron chi connectivity index (χ0n) is 19.9. The van der Waals surface area contributed by atoms with Gasteiger partial charge >= 0.3 is 5.97 Å². The highest BCUT2D eigenvalue weighted by molar-refractivity contribution is 5.91. The van der Waals surface area contributed by atoms with Gasteiger partial charge in [-0.15, -0.1) is 0 Å². The van der Waals surface area contributed by atoms with Gasteiger partial charge in [0.05, 0.1) is 38.4 Å². The molecule has 0 bridgehead atoms. The van der Waals surface area contributed by atoms with E-state index in [9.17, 15) is 19.8 Å². The fourth-order valence-electron chi connectivity index (χ4n) is 4.40. The molecule has 0 amide bonds. The Bertz CT molecular complexity index is 665. The molecule has 2 heterocycles. The molecule has 1 fully saturated rings. The Hall–Kier alpha value is -1.54. The first-order chi connectivity index (χ1) is 15.2. The summed E-state index contributed by atoms with van der Waals surface area (Å²) in [7, 11) is 0. The lowest BCUT2D eigenvalue weighted by atomic mass is 9.79. The van der Waals surface area contributed by atoms with E-state index in [-0.39, 0.29) is 36.6 Å². The highest BCUT2D eigenvalue weighted by atomic mass is 16.7. The number of rotatable bonds is 4. The molecule has 0 aromatic heterocycles. The second-order valence-electron chi connectivity index (χ2n) is 9.30. The second-order valence-corrected chi connectivity index (χ2v) is 9.30. The van der Waals surface area contributed by atoms with Crippen molar-refractivity contribution >= 4 is 11.8 Å². The number of hydrogen-bond acceptors (Lipinski definition) is 7. The Morgan fingerprint density at radius 1 is 1.09 bits per heavy atom. The normalized spacial score (nSPS) is 34.4. The number of ketones is 1. The van der Waals surface area contributed by atoms with Crippen LogP contribution in [0.15, 0.2) is 23.8 Å². The summed E-state index contributed by atoms with van der Waals surface area (Å²) in [4.78, 5) is 25.1. The maximum atomic E-state index is 12.8. The highest BCUT2D eigenvalue weighted by Gasteiger charge is 2.35. The maximum Gasteiger partial charge on any atom is 0.308 e. The summed E-state index contributed by atoms with van der Waals surface area (Å²) in [5.41, 5.74) is 0.935. The van der Waals surface area contributed by atoms with Crippen LogP contribution in [0.3, 0.4) is 0 Å². The van der Waals surface area contributed by atoms with Crippen LogP contribution in [0.1, 0.15) is 59.8 Å². The molecule has 2 rings (SSSR count). The first-order valence-corrected chi connectivity index (χ1v) is 11.9. The van der Waals surface area contributed by atoms with E-state index in [0.29, 0.717) is 26.1 Å². The summed E-state index contributed by atoms with van der Waals surface area (Å²) < 4.78 is 16.5. The average Bonchev–Trinajstić information content (AvgIpc) is 3.26. The first-order valence-electron chi connectivity index (χ1n) is 11.9. The Kier molecular flexibility index (Phi) is 11.0. The molecule has 0 radical (unpaired) electrons. The predicted octanol–water partition coefficient (Wildman–Crippen LogP) is 3.18. The third-order valence-corrected chi connectivity index (χ3v) is 6.46. The summed E-state index contributed by atoms with van der Waals surface area (Å²) >= 11 is 0. The molecule has 0 spiro atoms. The Balaban J connectivity index is 2.25. The molecular weight excluding hydrogens is 412 g/mol.